The fraction of sp³-hybridized carbons (Fsp3) is 1.00. The standard InChI is InChI=1S/C10H20.C2H6/c1-4-10(3,5-2)9-7-6-8-9;1-2/h9H,4-8H2,1-3H3;1-2H3. The Morgan fingerprint density at radius 2 is 1.50 bits per heavy atom. The minimum absolute atomic E-state index is 0.679. The molecule has 0 saturated heterocycles. The molecule has 0 atom stereocenters. The van der Waals surface area contributed by atoms with Crippen LogP contribution in [0.15, 0.2) is 0 Å². The zero-order valence-electron chi connectivity index (χ0n) is 9.61. The molecule has 0 aromatic carbocycles. The first kappa shape index (κ1) is 12.0. The minimum atomic E-state index is 0.679. The van der Waals surface area contributed by atoms with Gasteiger partial charge in [-0.1, -0.05) is 53.9 Å². The van der Waals surface area contributed by atoms with Gasteiger partial charge in [-0.3, -0.25) is 0 Å². The normalized spacial score (nSPS) is 17.8. The molecule has 0 aliphatic heterocycles. The summed E-state index contributed by atoms with van der Waals surface area (Å²) in [6.45, 7) is 11.1. The van der Waals surface area contributed by atoms with Crippen LogP contribution in [0.5, 0.6) is 0 Å². The lowest BCUT2D eigenvalue weighted by atomic mass is 9.64. The quantitative estimate of drug-likeness (QED) is 0.579. The third-order valence-electron chi connectivity index (χ3n) is 3.71. The van der Waals surface area contributed by atoms with Gasteiger partial charge in [-0.2, -0.15) is 0 Å². The average Bonchev–Trinajstić information content (AvgIpc) is 2.05. The van der Waals surface area contributed by atoms with E-state index in [1.807, 2.05) is 13.8 Å². The van der Waals surface area contributed by atoms with Crippen LogP contribution in [0.4, 0.5) is 0 Å². The molecule has 12 heavy (non-hydrogen) atoms. The van der Waals surface area contributed by atoms with Gasteiger partial charge in [0.1, 0.15) is 0 Å². The van der Waals surface area contributed by atoms with Crippen molar-refractivity contribution in [1.29, 1.82) is 0 Å². The predicted molar refractivity (Wildman–Crippen MR) is 57.4 cm³/mol. The first-order valence-corrected chi connectivity index (χ1v) is 5.73. The molecule has 0 nitrogen and oxygen atoms in total. The van der Waals surface area contributed by atoms with Gasteiger partial charge >= 0.3 is 0 Å². The van der Waals surface area contributed by atoms with E-state index in [9.17, 15) is 0 Å². The van der Waals surface area contributed by atoms with Crippen LogP contribution in [0.3, 0.4) is 0 Å². The third-order valence-corrected chi connectivity index (χ3v) is 3.71. The van der Waals surface area contributed by atoms with Gasteiger partial charge in [0.05, 0.1) is 0 Å². The van der Waals surface area contributed by atoms with Gasteiger partial charge in [0.2, 0.25) is 0 Å². The molecule has 0 unspecified atom stereocenters. The van der Waals surface area contributed by atoms with E-state index >= 15 is 0 Å². The summed E-state index contributed by atoms with van der Waals surface area (Å²) in [5, 5.41) is 0. The zero-order valence-corrected chi connectivity index (χ0v) is 9.61. The van der Waals surface area contributed by atoms with E-state index in [0.717, 1.165) is 5.92 Å². The van der Waals surface area contributed by atoms with Crippen LogP contribution < -0.4 is 0 Å². The smallest absolute Gasteiger partial charge is 0.0303 e. The molecule has 0 heterocycles. The van der Waals surface area contributed by atoms with Gasteiger partial charge in [0.15, 0.2) is 0 Å². The molecule has 1 fully saturated rings. The summed E-state index contributed by atoms with van der Waals surface area (Å²) in [6, 6.07) is 0. The average molecular weight is 170 g/mol. The highest BCUT2D eigenvalue weighted by atomic mass is 14.4. The van der Waals surface area contributed by atoms with E-state index < -0.39 is 0 Å². The van der Waals surface area contributed by atoms with E-state index in [2.05, 4.69) is 20.8 Å². The van der Waals surface area contributed by atoms with Gasteiger partial charge in [-0.05, 0) is 24.2 Å². The zero-order chi connectivity index (χ0) is 9.61. The van der Waals surface area contributed by atoms with Gasteiger partial charge in [0.25, 0.3) is 0 Å². The van der Waals surface area contributed by atoms with E-state index in [-0.39, 0.29) is 0 Å². The Hall–Kier alpha value is 0. The molecule has 0 aromatic rings. The number of hydrogen-bond donors (Lipinski definition) is 0. The van der Waals surface area contributed by atoms with Crippen molar-refractivity contribution >= 4 is 0 Å². The lowest BCUT2D eigenvalue weighted by Crippen LogP contribution is -2.31. The second kappa shape index (κ2) is 5.61. The molecule has 0 radical (unpaired) electrons. The van der Waals surface area contributed by atoms with Gasteiger partial charge < -0.3 is 0 Å². The molecule has 0 amide bonds. The topological polar surface area (TPSA) is 0 Å². The van der Waals surface area contributed by atoms with Crippen molar-refractivity contribution in [2.75, 3.05) is 0 Å². The first-order valence-electron chi connectivity index (χ1n) is 5.73. The summed E-state index contributed by atoms with van der Waals surface area (Å²) in [7, 11) is 0. The van der Waals surface area contributed by atoms with Gasteiger partial charge in [-0.15, -0.1) is 0 Å². The highest BCUT2D eigenvalue weighted by Crippen LogP contribution is 2.45. The summed E-state index contributed by atoms with van der Waals surface area (Å²) in [6.07, 6.45) is 7.22. The van der Waals surface area contributed by atoms with E-state index in [4.69, 9.17) is 0 Å². The maximum absolute atomic E-state index is 2.46. The lowest BCUT2D eigenvalue weighted by molar-refractivity contribution is 0.0921. The van der Waals surface area contributed by atoms with Crippen LogP contribution >= 0.6 is 0 Å². The second-order valence-electron chi connectivity index (χ2n) is 3.99. The van der Waals surface area contributed by atoms with Crippen LogP contribution in [0.1, 0.15) is 66.7 Å². The SMILES string of the molecule is CC.CCC(C)(CC)C1CCC1. The van der Waals surface area contributed by atoms with Crippen molar-refractivity contribution in [1.82, 2.24) is 0 Å². The summed E-state index contributed by atoms with van der Waals surface area (Å²) in [5.41, 5.74) is 0.679. The van der Waals surface area contributed by atoms with Crippen molar-refractivity contribution < 1.29 is 0 Å². The van der Waals surface area contributed by atoms with Gasteiger partial charge in [0, 0.05) is 0 Å². The third kappa shape index (κ3) is 2.50. The monoisotopic (exact) mass is 170 g/mol. The fourth-order valence-electron chi connectivity index (χ4n) is 1.93. The number of rotatable bonds is 3. The minimum Gasteiger partial charge on any atom is -0.0683 e. The summed E-state index contributed by atoms with van der Waals surface area (Å²) in [4.78, 5) is 0. The van der Waals surface area contributed by atoms with Crippen molar-refractivity contribution in [3.05, 3.63) is 0 Å². The van der Waals surface area contributed by atoms with Crippen LogP contribution in [0, 0.1) is 11.3 Å². The fourth-order valence-corrected chi connectivity index (χ4v) is 1.93. The van der Waals surface area contributed by atoms with E-state index in [0.29, 0.717) is 5.41 Å². The van der Waals surface area contributed by atoms with E-state index in [1.54, 1.807) is 0 Å². The Balaban J connectivity index is 0.000000561. The number of hydrogen-bond acceptors (Lipinski definition) is 0. The van der Waals surface area contributed by atoms with Crippen LogP contribution in [0.25, 0.3) is 0 Å². The highest BCUT2D eigenvalue weighted by Gasteiger charge is 2.34. The molecule has 0 aromatic heterocycles. The molecule has 1 rings (SSSR count). The Morgan fingerprint density at radius 1 is 1.08 bits per heavy atom. The Kier molecular flexibility index (Phi) is 5.61. The van der Waals surface area contributed by atoms with Gasteiger partial charge in [-0.25, -0.2) is 0 Å². The van der Waals surface area contributed by atoms with Crippen molar-refractivity contribution in [3.8, 4) is 0 Å². The van der Waals surface area contributed by atoms with Crippen molar-refractivity contribution in [2.24, 2.45) is 11.3 Å². The highest BCUT2D eigenvalue weighted by molar-refractivity contribution is 4.85. The molecule has 0 spiro atoms. The Labute approximate surface area is 78.8 Å². The Bertz CT molecular complexity index is 96.6. The second-order valence-corrected chi connectivity index (χ2v) is 3.99. The maximum atomic E-state index is 2.46. The molecule has 74 valence electrons. The van der Waals surface area contributed by atoms with Crippen LogP contribution in [-0.4, -0.2) is 0 Å². The maximum Gasteiger partial charge on any atom is -0.0303 e. The van der Waals surface area contributed by atoms with Crippen molar-refractivity contribution in [2.45, 2.75) is 66.7 Å². The summed E-state index contributed by atoms with van der Waals surface area (Å²) >= 11 is 0. The molecular formula is C12H26. The molecule has 0 bridgehead atoms. The van der Waals surface area contributed by atoms with E-state index in [1.165, 1.54) is 32.1 Å². The molecular weight excluding hydrogens is 144 g/mol. The van der Waals surface area contributed by atoms with Crippen molar-refractivity contribution in [3.63, 3.8) is 0 Å². The Morgan fingerprint density at radius 3 is 1.58 bits per heavy atom. The largest absolute Gasteiger partial charge is 0.0683 e. The van der Waals surface area contributed by atoms with Crippen LogP contribution in [0.2, 0.25) is 0 Å². The molecule has 1 aliphatic carbocycles. The lowest BCUT2D eigenvalue weighted by Gasteiger charge is -2.42. The predicted octanol–water partition coefficient (Wildman–Crippen LogP) is 4.64. The summed E-state index contributed by atoms with van der Waals surface area (Å²) < 4.78 is 0. The molecule has 0 heteroatoms. The van der Waals surface area contributed by atoms with Crippen LogP contribution in [-0.2, 0) is 0 Å². The molecule has 1 saturated carbocycles. The summed E-state index contributed by atoms with van der Waals surface area (Å²) in [5.74, 6) is 1.06. The molecule has 0 N–H and O–H groups in total. The molecule has 1 aliphatic rings. The first-order chi connectivity index (χ1) is 5.73.